The van der Waals surface area contributed by atoms with E-state index in [9.17, 15) is 9.59 Å². The van der Waals surface area contributed by atoms with Gasteiger partial charge in [0.1, 0.15) is 12.4 Å². The molecule has 0 radical (unpaired) electrons. The Morgan fingerprint density at radius 1 is 0.806 bits per heavy atom. The molecule has 3 aromatic rings. The van der Waals surface area contributed by atoms with Crippen LogP contribution in [0.2, 0.25) is 0 Å². The second kappa shape index (κ2) is 15.2. The predicted octanol–water partition coefficient (Wildman–Crippen LogP) is 5.59. The van der Waals surface area contributed by atoms with Gasteiger partial charge in [-0.3, -0.25) is 0 Å². The van der Waals surface area contributed by atoms with Crippen molar-refractivity contribution >= 4 is 11.9 Å². The molecule has 0 aromatic heterocycles. The van der Waals surface area contributed by atoms with Gasteiger partial charge in [-0.1, -0.05) is 78.9 Å². The maximum absolute atomic E-state index is 9.55. The molecule has 0 aliphatic heterocycles. The number of benzene rings is 3. The second-order valence-corrected chi connectivity index (χ2v) is 8.56. The average molecular weight is 490 g/mol. The number of nitrogens with one attached hydrogen (secondary N) is 1. The van der Waals surface area contributed by atoms with Crippen LogP contribution in [0.15, 0.2) is 91.0 Å². The van der Waals surface area contributed by atoms with Crippen LogP contribution < -0.4 is 10.1 Å². The summed E-state index contributed by atoms with van der Waals surface area (Å²) in [6.45, 7) is 8.02. The zero-order valence-electron chi connectivity index (χ0n) is 21.1. The van der Waals surface area contributed by atoms with Crippen molar-refractivity contribution in [2.24, 2.45) is 0 Å². The van der Waals surface area contributed by atoms with E-state index < -0.39 is 11.9 Å². The lowest BCUT2D eigenvalue weighted by Crippen LogP contribution is -2.33. The fourth-order valence-electron chi connectivity index (χ4n) is 3.81. The molecular weight excluding hydrogens is 454 g/mol. The molecule has 0 saturated heterocycles. The van der Waals surface area contributed by atoms with E-state index >= 15 is 0 Å². The van der Waals surface area contributed by atoms with Crippen LogP contribution >= 0.6 is 0 Å². The minimum atomic E-state index is -1.26. The first-order valence-corrected chi connectivity index (χ1v) is 11.9. The highest BCUT2D eigenvalue weighted by Gasteiger charge is 2.14. The van der Waals surface area contributed by atoms with E-state index in [4.69, 9.17) is 14.9 Å². The highest BCUT2D eigenvalue weighted by Crippen LogP contribution is 2.27. The van der Waals surface area contributed by atoms with Crippen LogP contribution in [0.1, 0.15) is 41.5 Å². The van der Waals surface area contributed by atoms with E-state index in [1.54, 1.807) is 0 Å². The standard InChI is InChI=1S/C26H31NO.C4H4O4/c1-20-11-10-12-21(2)26(20)28-19-22(3)27-18-17-25(23-13-6-4-7-14-23)24-15-8-5-9-16-24;5-3(6)1-2-4(7)8/h4-16,22,25,27H,17-19H2,1-3H3;1-2H,(H,5,6)(H,7,8)/b;2-1-. The maximum atomic E-state index is 9.55. The van der Waals surface area contributed by atoms with Gasteiger partial charge in [-0.25, -0.2) is 9.59 Å². The van der Waals surface area contributed by atoms with Crippen LogP contribution in [0.25, 0.3) is 0 Å². The Kier molecular flexibility index (Phi) is 11.9. The van der Waals surface area contributed by atoms with E-state index in [2.05, 4.69) is 105 Å². The highest BCUT2D eigenvalue weighted by atomic mass is 16.5. The number of rotatable bonds is 11. The summed E-state index contributed by atoms with van der Waals surface area (Å²) < 4.78 is 6.09. The highest BCUT2D eigenvalue weighted by molar-refractivity contribution is 5.89. The Morgan fingerprint density at radius 3 is 1.72 bits per heavy atom. The number of ether oxygens (including phenoxy) is 1. The lowest BCUT2D eigenvalue weighted by atomic mass is 9.88. The Labute approximate surface area is 213 Å². The maximum Gasteiger partial charge on any atom is 0.328 e. The molecular formula is C30H35NO5. The molecule has 0 fully saturated rings. The summed E-state index contributed by atoms with van der Waals surface area (Å²) in [4.78, 5) is 19.1. The van der Waals surface area contributed by atoms with E-state index in [1.807, 2.05) is 0 Å². The van der Waals surface area contributed by atoms with Gasteiger partial charge >= 0.3 is 11.9 Å². The number of carboxylic acid groups (broad SMARTS) is 2. The van der Waals surface area contributed by atoms with Crippen LogP contribution in [0.3, 0.4) is 0 Å². The van der Waals surface area contributed by atoms with Crippen molar-refractivity contribution in [3.63, 3.8) is 0 Å². The molecule has 0 aliphatic carbocycles. The summed E-state index contributed by atoms with van der Waals surface area (Å²) >= 11 is 0. The first kappa shape index (κ1) is 28.3. The third-order valence-corrected chi connectivity index (χ3v) is 5.58. The van der Waals surface area contributed by atoms with Gasteiger partial charge in [0.15, 0.2) is 0 Å². The zero-order chi connectivity index (χ0) is 26.3. The quantitative estimate of drug-likeness (QED) is 0.304. The van der Waals surface area contributed by atoms with Crippen molar-refractivity contribution in [1.82, 2.24) is 5.32 Å². The fraction of sp³-hybridized carbons (Fsp3) is 0.267. The van der Waals surface area contributed by atoms with Crippen LogP contribution in [-0.4, -0.2) is 41.3 Å². The molecule has 0 bridgehead atoms. The number of hydrogen-bond donors (Lipinski definition) is 3. The molecule has 3 rings (SSSR count). The van der Waals surface area contributed by atoms with Crippen LogP contribution in [-0.2, 0) is 9.59 Å². The molecule has 0 heterocycles. The van der Waals surface area contributed by atoms with Gasteiger partial charge < -0.3 is 20.3 Å². The van der Waals surface area contributed by atoms with Gasteiger partial charge in [0.25, 0.3) is 0 Å². The number of aliphatic carboxylic acids is 2. The van der Waals surface area contributed by atoms with Crippen molar-refractivity contribution < 1.29 is 24.5 Å². The first-order chi connectivity index (χ1) is 17.3. The summed E-state index contributed by atoms with van der Waals surface area (Å²) in [6.07, 6.45) is 2.17. The normalized spacial score (nSPS) is 11.6. The van der Waals surface area contributed by atoms with Gasteiger partial charge in [0.05, 0.1) is 0 Å². The zero-order valence-corrected chi connectivity index (χ0v) is 21.1. The number of carboxylic acids is 2. The van der Waals surface area contributed by atoms with Gasteiger partial charge in [-0.05, 0) is 56.0 Å². The Balaban J connectivity index is 0.000000493. The second-order valence-electron chi connectivity index (χ2n) is 8.56. The van der Waals surface area contributed by atoms with Gasteiger partial charge in [-0.2, -0.15) is 0 Å². The Hall–Kier alpha value is -3.90. The smallest absolute Gasteiger partial charge is 0.328 e. The third kappa shape index (κ3) is 10.2. The van der Waals surface area contributed by atoms with Crippen molar-refractivity contribution in [1.29, 1.82) is 0 Å². The summed E-state index contributed by atoms with van der Waals surface area (Å²) in [7, 11) is 0. The van der Waals surface area contributed by atoms with Gasteiger partial charge in [0, 0.05) is 24.1 Å². The molecule has 6 nitrogen and oxygen atoms in total. The number of carbonyl (C=O) groups is 2. The van der Waals surface area contributed by atoms with Crippen LogP contribution in [0, 0.1) is 13.8 Å². The molecule has 1 atom stereocenters. The van der Waals surface area contributed by atoms with E-state index in [0.29, 0.717) is 30.7 Å². The number of para-hydroxylation sites is 1. The largest absolute Gasteiger partial charge is 0.491 e. The summed E-state index contributed by atoms with van der Waals surface area (Å²) in [5.74, 6) is -1.09. The minimum absolute atomic E-state index is 0.297. The van der Waals surface area contributed by atoms with Crippen molar-refractivity contribution in [2.75, 3.05) is 13.2 Å². The Bertz CT molecular complexity index is 1040. The molecule has 3 aromatic carbocycles. The van der Waals surface area contributed by atoms with Gasteiger partial charge in [-0.15, -0.1) is 0 Å². The predicted molar refractivity (Wildman–Crippen MR) is 143 cm³/mol. The van der Waals surface area contributed by atoms with Crippen molar-refractivity contribution in [3.05, 3.63) is 113 Å². The molecule has 0 amide bonds. The third-order valence-electron chi connectivity index (χ3n) is 5.58. The van der Waals surface area contributed by atoms with Crippen LogP contribution in [0.4, 0.5) is 0 Å². The summed E-state index contributed by atoms with van der Waals surface area (Å²) in [5.41, 5.74) is 5.13. The molecule has 6 heteroatoms. The molecule has 3 N–H and O–H groups in total. The first-order valence-electron chi connectivity index (χ1n) is 11.9. The molecule has 36 heavy (non-hydrogen) atoms. The average Bonchev–Trinajstić information content (AvgIpc) is 2.86. The monoisotopic (exact) mass is 489 g/mol. The Morgan fingerprint density at radius 2 is 1.28 bits per heavy atom. The van der Waals surface area contributed by atoms with E-state index in [0.717, 1.165) is 18.7 Å². The van der Waals surface area contributed by atoms with Crippen molar-refractivity contribution in [2.45, 2.75) is 39.2 Å². The number of hydrogen-bond acceptors (Lipinski definition) is 4. The van der Waals surface area contributed by atoms with E-state index in [-0.39, 0.29) is 0 Å². The molecule has 190 valence electrons. The topological polar surface area (TPSA) is 95.9 Å². The molecule has 1 unspecified atom stereocenters. The van der Waals surface area contributed by atoms with Gasteiger partial charge in [0.2, 0.25) is 0 Å². The lowest BCUT2D eigenvalue weighted by Gasteiger charge is -2.21. The molecule has 0 aliphatic rings. The SMILES string of the molecule is Cc1cccc(C)c1OCC(C)NCCC(c1ccccc1)c1ccccc1.O=C(O)/C=C\C(=O)O. The molecule has 0 spiro atoms. The summed E-state index contributed by atoms with van der Waals surface area (Å²) in [5, 5.41) is 19.3. The summed E-state index contributed by atoms with van der Waals surface area (Å²) in [6, 6.07) is 28.1. The lowest BCUT2D eigenvalue weighted by molar-refractivity contribution is -0.134. The van der Waals surface area contributed by atoms with Crippen LogP contribution in [0.5, 0.6) is 5.75 Å². The van der Waals surface area contributed by atoms with E-state index in [1.165, 1.54) is 22.3 Å². The minimum Gasteiger partial charge on any atom is -0.491 e. The number of aryl methyl sites for hydroxylation is 2. The fourth-order valence-corrected chi connectivity index (χ4v) is 3.81. The van der Waals surface area contributed by atoms with Crippen molar-refractivity contribution in [3.8, 4) is 5.75 Å². The molecule has 0 saturated carbocycles.